The summed E-state index contributed by atoms with van der Waals surface area (Å²) in [7, 11) is 1.85. The molecule has 3 heteroatoms. The molecule has 1 rings (SSSR count). The highest BCUT2D eigenvalue weighted by Gasteiger charge is 2.17. The van der Waals surface area contributed by atoms with Crippen LogP contribution in [0.4, 0.5) is 0 Å². The molecule has 0 fully saturated rings. The first kappa shape index (κ1) is 11.7. The van der Waals surface area contributed by atoms with Crippen LogP contribution in [0.25, 0.3) is 0 Å². The molecule has 82 valence electrons. The molecule has 0 spiro atoms. The molecule has 1 amide bonds. The quantitative estimate of drug-likeness (QED) is 0.575. The van der Waals surface area contributed by atoms with Crippen molar-refractivity contribution in [2.24, 2.45) is 12.8 Å². The third kappa shape index (κ3) is 3.05. The van der Waals surface area contributed by atoms with E-state index in [1.165, 1.54) is 12.8 Å². The van der Waals surface area contributed by atoms with E-state index in [-0.39, 0.29) is 5.91 Å². The van der Waals surface area contributed by atoms with Gasteiger partial charge in [-0.3, -0.25) is 4.79 Å². The van der Waals surface area contributed by atoms with Crippen molar-refractivity contribution < 1.29 is 9.36 Å². The number of carbonyl (C=O) groups is 1. The van der Waals surface area contributed by atoms with Gasteiger partial charge in [0.1, 0.15) is 7.05 Å². The first-order valence-electron chi connectivity index (χ1n) is 5.44. The van der Waals surface area contributed by atoms with Gasteiger partial charge in [0.2, 0.25) is 0 Å². The lowest BCUT2D eigenvalue weighted by atomic mass is 10.1. The first-order chi connectivity index (χ1) is 7.16. The maximum absolute atomic E-state index is 11.3. The lowest BCUT2D eigenvalue weighted by molar-refractivity contribution is -0.673. The molecule has 0 aromatic carbocycles. The molecule has 0 aliphatic rings. The molecular formula is C12H19N2O+. The smallest absolute Gasteiger partial charge is 0.313 e. The number of aryl methyl sites for hydroxylation is 2. The Labute approximate surface area is 90.9 Å². The summed E-state index contributed by atoms with van der Waals surface area (Å²) in [6, 6.07) is 3.93. The summed E-state index contributed by atoms with van der Waals surface area (Å²) in [5.41, 5.74) is 7.05. The van der Waals surface area contributed by atoms with E-state index in [4.69, 9.17) is 5.73 Å². The molecule has 15 heavy (non-hydrogen) atoms. The van der Waals surface area contributed by atoms with Crippen molar-refractivity contribution in [3.05, 3.63) is 29.6 Å². The van der Waals surface area contributed by atoms with Crippen LogP contribution in [0.2, 0.25) is 0 Å². The molecule has 0 aliphatic heterocycles. The van der Waals surface area contributed by atoms with Gasteiger partial charge in [-0.25, -0.2) is 0 Å². The van der Waals surface area contributed by atoms with Crippen molar-refractivity contribution in [2.45, 2.75) is 32.6 Å². The Kier molecular flexibility index (Phi) is 4.28. The predicted molar refractivity (Wildman–Crippen MR) is 59.4 cm³/mol. The Bertz CT molecular complexity index is 347. The van der Waals surface area contributed by atoms with Crippen LogP contribution in [-0.2, 0) is 13.5 Å². The van der Waals surface area contributed by atoms with Gasteiger partial charge in [-0.15, -0.1) is 0 Å². The van der Waals surface area contributed by atoms with E-state index in [0.717, 1.165) is 18.4 Å². The number of amides is 1. The Hall–Kier alpha value is -1.38. The van der Waals surface area contributed by atoms with Crippen LogP contribution in [0.15, 0.2) is 18.3 Å². The summed E-state index contributed by atoms with van der Waals surface area (Å²) in [6.07, 6.45) is 6.27. The van der Waals surface area contributed by atoms with E-state index >= 15 is 0 Å². The highest BCUT2D eigenvalue weighted by molar-refractivity contribution is 5.90. The summed E-state index contributed by atoms with van der Waals surface area (Å²) in [5, 5.41) is 0. The highest BCUT2D eigenvalue weighted by Crippen LogP contribution is 2.08. The van der Waals surface area contributed by atoms with E-state index in [1.807, 2.05) is 25.4 Å². The minimum absolute atomic E-state index is 0.343. The Morgan fingerprint density at radius 1 is 1.47 bits per heavy atom. The van der Waals surface area contributed by atoms with E-state index in [0.29, 0.717) is 5.69 Å². The minimum atomic E-state index is -0.343. The lowest BCUT2D eigenvalue weighted by Crippen LogP contribution is -2.39. The van der Waals surface area contributed by atoms with Crippen LogP contribution < -0.4 is 10.3 Å². The van der Waals surface area contributed by atoms with Gasteiger partial charge in [0, 0.05) is 11.6 Å². The molecule has 0 aliphatic carbocycles. The summed E-state index contributed by atoms with van der Waals surface area (Å²) in [5.74, 6) is -0.343. The van der Waals surface area contributed by atoms with Crippen molar-refractivity contribution in [1.29, 1.82) is 0 Å². The number of unbranched alkanes of at least 4 members (excludes halogenated alkanes) is 2. The highest BCUT2D eigenvalue weighted by atomic mass is 16.1. The van der Waals surface area contributed by atoms with Gasteiger partial charge >= 0.3 is 5.91 Å². The van der Waals surface area contributed by atoms with E-state index in [9.17, 15) is 4.79 Å². The van der Waals surface area contributed by atoms with Gasteiger partial charge in [0.05, 0.1) is 0 Å². The molecule has 0 saturated carbocycles. The van der Waals surface area contributed by atoms with Crippen LogP contribution in [-0.4, -0.2) is 5.91 Å². The second-order valence-electron chi connectivity index (χ2n) is 3.81. The molecule has 0 unspecified atom stereocenters. The molecule has 2 N–H and O–H groups in total. The summed E-state index contributed by atoms with van der Waals surface area (Å²) < 4.78 is 1.80. The van der Waals surface area contributed by atoms with Crippen molar-refractivity contribution >= 4 is 5.91 Å². The molecular weight excluding hydrogens is 188 g/mol. The average molecular weight is 207 g/mol. The number of carbonyl (C=O) groups excluding carboxylic acids is 1. The van der Waals surface area contributed by atoms with Gasteiger partial charge in [-0.1, -0.05) is 19.8 Å². The molecule has 0 radical (unpaired) electrons. The number of pyridine rings is 1. The molecule has 3 nitrogen and oxygen atoms in total. The molecule has 0 saturated heterocycles. The Morgan fingerprint density at radius 3 is 2.80 bits per heavy atom. The van der Waals surface area contributed by atoms with Crippen LogP contribution in [0, 0.1) is 0 Å². The zero-order chi connectivity index (χ0) is 11.3. The van der Waals surface area contributed by atoms with Crippen LogP contribution in [0.1, 0.15) is 42.2 Å². The Morgan fingerprint density at radius 2 is 2.20 bits per heavy atom. The van der Waals surface area contributed by atoms with Gasteiger partial charge in [0.15, 0.2) is 6.20 Å². The van der Waals surface area contributed by atoms with Crippen molar-refractivity contribution in [2.75, 3.05) is 0 Å². The average Bonchev–Trinajstić information content (AvgIpc) is 2.17. The molecule has 1 aromatic heterocycles. The summed E-state index contributed by atoms with van der Waals surface area (Å²) >= 11 is 0. The fraction of sp³-hybridized carbons (Fsp3) is 0.500. The number of nitrogens with zero attached hydrogens (tertiary/aromatic N) is 1. The second-order valence-corrected chi connectivity index (χ2v) is 3.81. The number of hydrogen-bond acceptors (Lipinski definition) is 1. The lowest BCUT2D eigenvalue weighted by Gasteiger charge is -2.03. The fourth-order valence-corrected chi connectivity index (χ4v) is 1.77. The van der Waals surface area contributed by atoms with Crippen LogP contribution in [0.3, 0.4) is 0 Å². The van der Waals surface area contributed by atoms with Crippen molar-refractivity contribution in [3.8, 4) is 0 Å². The first-order valence-corrected chi connectivity index (χ1v) is 5.44. The third-order valence-electron chi connectivity index (χ3n) is 2.55. The summed E-state index contributed by atoms with van der Waals surface area (Å²) in [4.78, 5) is 11.3. The number of aromatic nitrogens is 1. The maximum Gasteiger partial charge on any atom is 0.313 e. The van der Waals surface area contributed by atoms with Crippen molar-refractivity contribution in [3.63, 3.8) is 0 Å². The van der Waals surface area contributed by atoms with Crippen LogP contribution >= 0.6 is 0 Å². The number of hydrogen-bond donors (Lipinski definition) is 1. The van der Waals surface area contributed by atoms with E-state index < -0.39 is 0 Å². The zero-order valence-corrected chi connectivity index (χ0v) is 9.49. The van der Waals surface area contributed by atoms with E-state index in [1.54, 1.807) is 4.57 Å². The normalized spacial score (nSPS) is 10.3. The Balaban J connectivity index is 2.86. The second kappa shape index (κ2) is 5.49. The van der Waals surface area contributed by atoms with E-state index in [2.05, 4.69) is 6.92 Å². The molecule has 1 aromatic rings. The van der Waals surface area contributed by atoms with Crippen molar-refractivity contribution in [1.82, 2.24) is 0 Å². The van der Waals surface area contributed by atoms with Gasteiger partial charge in [-0.05, 0) is 18.9 Å². The number of rotatable bonds is 5. The predicted octanol–water partition coefficient (Wildman–Crippen LogP) is 1.34. The van der Waals surface area contributed by atoms with Crippen LogP contribution in [0.5, 0.6) is 0 Å². The monoisotopic (exact) mass is 207 g/mol. The zero-order valence-electron chi connectivity index (χ0n) is 9.49. The third-order valence-corrected chi connectivity index (χ3v) is 2.55. The number of nitrogens with two attached hydrogens (primary N) is 1. The SMILES string of the molecule is CCCCCc1ccc[n+](C)c1C(N)=O. The topological polar surface area (TPSA) is 47.0 Å². The standard InChI is InChI=1S/C12H18N2O/c1-3-4-5-7-10-8-6-9-14(2)11(10)12(13)15/h6,8-9H,3-5,7H2,1-2H3,(H-,13,15)/p+1. The summed E-state index contributed by atoms with van der Waals surface area (Å²) in [6.45, 7) is 2.17. The number of primary amides is 1. The maximum atomic E-state index is 11.3. The molecule has 1 heterocycles. The fourth-order valence-electron chi connectivity index (χ4n) is 1.77. The minimum Gasteiger partial charge on any atom is -0.360 e. The van der Waals surface area contributed by atoms with Gasteiger partial charge < -0.3 is 5.73 Å². The largest absolute Gasteiger partial charge is 0.360 e. The van der Waals surface area contributed by atoms with Gasteiger partial charge in [0.25, 0.3) is 5.69 Å². The molecule has 0 bridgehead atoms. The van der Waals surface area contributed by atoms with Gasteiger partial charge in [-0.2, -0.15) is 4.57 Å². The molecule has 0 atom stereocenters.